The normalized spacial score (nSPS) is 14.7. The predicted octanol–water partition coefficient (Wildman–Crippen LogP) is 16.0. The Hall–Kier alpha value is -12.0. The van der Waals surface area contributed by atoms with Crippen molar-refractivity contribution >= 4 is 63.9 Å². The van der Waals surface area contributed by atoms with Crippen LogP contribution in [0, 0.1) is 55.2 Å². The summed E-state index contributed by atoms with van der Waals surface area (Å²) in [6.07, 6.45) is -0.387. The monoisotopic (exact) mass is 1660 g/mol. The fourth-order valence-corrected chi connectivity index (χ4v) is 15.0. The highest BCUT2D eigenvalue weighted by Gasteiger charge is 2.38. The summed E-state index contributed by atoms with van der Waals surface area (Å²) in [4.78, 5) is 75.0. The van der Waals surface area contributed by atoms with Crippen LogP contribution in [0.2, 0.25) is 0 Å². The number of alkyl halides is 9. The number of rotatable bonds is 15. The van der Waals surface area contributed by atoms with Gasteiger partial charge in [0.2, 0.25) is 0 Å². The summed E-state index contributed by atoms with van der Waals surface area (Å²) in [6, 6.07) is 32.7. The zero-order chi connectivity index (χ0) is 85.5. The highest BCUT2D eigenvalue weighted by atomic mass is 31.2. The van der Waals surface area contributed by atoms with Crippen LogP contribution in [0.25, 0.3) is 21.9 Å². The van der Waals surface area contributed by atoms with E-state index in [1.54, 1.807) is 93.0 Å². The van der Waals surface area contributed by atoms with E-state index in [0.717, 1.165) is 90.1 Å². The van der Waals surface area contributed by atoms with Crippen molar-refractivity contribution in [1.29, 1.82) is 0 Å². The van der Waals surface area contributed by atoms with Gasteiger partial charge in [0.1, 0.15) is 17.8 Å². The van der Waals surface area contributed by atoms with Crippen LogP contribution >= 0.6 is 7.14 Å². The van der Waals surface area contributed by atoms with E-state index in [9.17, 15) is 62.9 Å². The highest BCUT2D eigenvalue weighted by Crippen LogP contribution is 2.40. The number of hydrogen-bond acceptors (Lipinski definition) is 15. The molecule has 0 saturated carbocycles. The van der Waals surface area contributed by atoms with Gasteiger partial charge in [0.25, 0.3) is 17.7 Å². The van der Waals surface area contributed by atoms with E-state index < -0.39 is 65.9 Å². The molecule has 4 N–H and O–H groups in total. The fraction of sp³-hybridized carbons (Fsp3) is 0.289. The molecule has 3 amide bonds. The smallest absolute Gasteiger partial charge is 0.346 e. The summed E-state index contributed by atoms with van der Waals surface area (Å²) in [6.45, 7) is 19.3. The minimum absolute atomic E-state index is 0.00765. The second-order valence-corrected chi connectivity index (χ2v) is 33.3. The van der Waals surface area contributed by atoms with E-state index in [4.69, 9.17) is 0 Å². The summed E-state index contributed by atoms with van der Waals surface area (Å²) in [5, 5.41) is 9.44. The Morgan fingerprint density at radius 3 is 1.38 bits per heavy atom. The lowest BCUT2D eigenvalue weighted by molar-refractivity contribution is -0.139. The highest BCUT2D eigenvalue weighted by molar-refractivity contribution is 7.62. The average Bonchev–Trinajstić information content (AvgIpc) is 1.25. The van der Waals surface area contributed by atoms with E-state index in [-0.39, 0.29) is 70.1 Å². The number of hydrogen-bond donors (Lipinski definition) is 4. The van der Waals surface area contributed by atoms with Crippen molar-refractivity contribution in [1.82, 2.24) is 59.3 Å². The van der Waals surface area contributed by atoms with Gasteiger partial charge in [-0.05, 0) is 172 Å². The third-order valence-electron chi connectivity index (χ3n) is 20.4. The SMILES string of the molecule is CCN1CCN(Cc2ccc(NC(=O)c3ccc(F)c(C#Cc4cncc5cccnc45)c3)cc2C(F)(F)F)CC1.Cc1ccc(C(=O)Nc2ccc(CN3CCN(C)CC3)c(C(F)(F)F)c2)cc1C#Cc1cncnc1.Cc1ccc(C(=O)Nc2ccc(CN3CCN(CP(C)(C)=O)CC3)c(C(F)(F)F)c2)cc1C#Cc1cnc2[nH]ccc2c1. The number of piperazine rings is 3. The van der Waals surface area contributed by atoms with Crippen LogP contribution in [-0.2, 0) is 42.7 Å². The zero-order valence-corrected chi connectivity index (χ0v) is 67.5. The first-order valence-electron chi connectivity index (χ1n) is 38.6. The number of carbonyl (C=O) groups excluding carboxylic acids is 3. The lowest BCUT2D eigenvalue weighted by Crippen LogP contribution is -2.46. The lowest BCUT2D eigenvalue weighted by atomic mass is 10.0. The topological polar surface area (TPSA) is 204 Å². The number of H-pyrrole nitrogens is 1. The Morgan fingerprint density at radius 1 is 0.458 bits per heavy atom. The Balaban J connectivity index is 0.000000166. The molecule has 120 heavy (non-hydrogen) atoms. The van der Waals surface area contributed by atoms with Crippen molar-refractivity contribution in [2.75, 3.05) is 128 Å². The Kier molecular flexibility index (Phi) is 28.3. The van der Waals surface area contributed by atoms with Crippen molar-refractivity contribution in [3.8, 4) is 35.5 Å². The number of benzene rings is 6. The van der Waals surface area contributed by atoms with Crippen LogP contribution in [-0.4, -0.2) is 189 Å². The minimum Gasteiger partial charge on any atom is -0.346 e. The Morgan fingerprint density at radius 2 is 0.900 bits per heavy atom. The number of nitrogens with zero attached hydrogens (tertiary/aromatic N) is 11. The number of aryl methyl sites for hydroxylation is 2. The molecule has 6 aromatic carbocycles. The van der Waals surface area contributed by atoms with Crippen molar-refractivity contribution in [3.05, 3.63) is 284 Å². The standard InChI is InChI=1S/C32H33F3N5O2P.C31H27F4N5O.C27H26F3N5O/c1-22-4-6-26(17-24(22)7-5-23-16-25-10-11-36-30(25)37-19-23)31(41)38-28-9-8-27(29(18-28)32(33,34)35)20-39-12-14-40(15-13-39)21-43(2,3)42;1-2-39-12-14-40(15-13-39)20-25-7-9-26(17-27(25)31(33,34)35)38-30(41)22-8-10-28(32)21(16-22)5-6-24-19-36-18-23-4-3-11-37-29(23)24;1-19-3-5-22(13-21(19)6-4-20-15-31-18-32-16-20)26(36)33-24-8-7-23(25(14-24)27(28,29)30)17-35-11-9-34(2)10-12-35/h4,6,8-11,16-19H,12-15,20-21H2,1-3H3,(H,36,37)(H,38,41);3-4,7-11,16-19H,2,12-15,20H2,1H3,(H,38,41);3,5,7-8,13-16,18H,9-12,17H2,1-2H3,(H,33,36). The van der Waals surface area contributed by atoms with Crippen LogP contribution in [0.4, 0.5) is 61.0 Å². The number of halogens is 10. The van der Waals surface area contributed by atoms with Gasteiger partial charge in [-0.2, -0.15) is 39.5 Å². The number of amides is 3. The average molecular weight is 1660 g/mol. The second kappa shape index (κ2) is 38.8. The van der Waals surface area contributed by atoms with E-state index >= 15 is 0 Å². The van der Waals surface area contributed by atoms with Gasteiger partial charge in [-0.25, -0.2) is 19.3 Å². The number of aromatic amines is 1. The maximum Gasteiger partial charge on any atom is 0.416 e. The summed E-state index contributed by atoms with van der Waals surface area (Å²) in [5.41, 5.74) is 5.12. The van der Waals surface area contributed by atoms with Gasteiger partial charge in [0.15, 0.2) is 0 Å². The first-order valence-corrected chi connectivity index (χ1v) is 41.4. The molecule has 19 nitrogen and oxygen atoms in total. The van der Waals surface area contributed by atoms with Crippen molar-refractivity contribution < 1.29 is 62.9 Å². The Bertz CT molecular complexity index is 5790. The van der Waals surface area contributed by atoms with E-state index in [1.165, 1.54) is 61.1 Å². The van der Waals surface area contributed by atoms with Gasteiger partial charge in [-0.3, -0.25) is 44.0 Å². The first kappa shape index (κ1) is 87.3. The van der Waals surface area contributed by atoms with E-state index in [0.29, 0.717) is 92.0 Å². The lowest BCUT2D eigenvalue weighted by Gasteiger charge is -2.35. The maximum atomic E-state index is 14.5. The van der Waals surface area contributed by atoms with Crippen LogP contribution < -0.4 is 16.0 Å². The molecule has 3 aliphatic rings. The molecule has 3 aliphatic heterocycles. The van der Waals surface area contributed by atoms with Crippen molar-refractivity contribution in [3.63, 3.8) is 0 Å². The molecule has 0 atom stereocenters. The number of pyridine rings is 3. The molecule has 0 spiro atoms. The maximum absolute atomic E-state index is 14.5. The minimum atomic E-state index is -4.59. The molecule has 8 heterocycles. The molecule has 0 aliphatic carbocycles. The Labute approximate surface area is 688 Å². The molecule has 5 aromatic heterocycles. The fourth-order valence-electron chi connectivity index (χ4n) is 13.8. The van der Waals surface area contributed by atoms with Crippen molar-refractivity contribution in [2.24, 2.45) is 0 Å². The van der Waals surface area contributed by atoms with Gasteiger partial charge in [-0.15, -0.1) is 0 Å². The van der Waals surface area contributed by atoms with Crippen LogP contribution in [0.5, 0.6) is 0 Å². The van der Waals surface area contributed by atoms with Crippen molar-refractivity contribution in [2.45, 2.75) is 58.9 Å². The van der Waals surface area contributed by atoms with Gasteiger partial charge in [0.05, 0.1) is 52.3 Å². The summed E-state index contributed by atoms with van der Waals surface area (Å²) in [5.74, 6) is 15.3. The molecule has 3 fully saturated rings. The zero-order valence-electron chi connectivity index (χ0n) is 66.6. The molecule has 0 radical (unpaired) electrons. The van der Waals surface area contributed by atoms with Gasteiger partial charge < -0.3 is 35.3 Å². The number of fused-ring (bicyclic) bond motifs is 2. The molecule has 11 aromatic rings. The van der Waals surface area contributed by atoms with Gasteiger partial charge in [0, 0.05) is 203 Å². The van der Waals surface area contributed by atoms with Gasteiger partial charge in [-0.1, -0.05) is 72.8 Å². The molecule has 14 rings (SSSR count). The third kappa shape index (κ3) is 24.2. The van der Waals surface area contributed by atoms with Gasteiger partial charge >= 0.3 is 18.5 Å². The van der Waals surface area contributed by atoms with Crippen LogP contribution in [0.1, 0.15) is 116 Å². The third-order valence-corrected chi connectivity index (χ3v) is 21.5. The number of aromatic nitrogens is 6. The molecule has 30 heteroatoms. The molecule has 0 bridgehead atoms. The predicted molar refractivity (Wildman–Crippen MR) is 444 cm³/mol. The van der Waals surface area contributed by atoms with E-state index in [1.807, 2.05) is 53.8 Å². The number of nitrogens with one attached hydrogen (secondary N) is 4. The molecular formula is C90H86F10N15O4P. The number of anilines is 3. The molecule has 620 valence electrons. The summed E-state index contributed by atoms with van der Waals surface area (Å²) >= 11 is 0. The van der Waals surface area contributed by atoms with Crippen LogP contribution in [0.3, 0.4) is 0 Å². The summed E-state index contributed by atoms with van der Waals surface area (Å²) in [7, 11) is -0.205. The molecular weight excluding hydrogens is 1580 g/mol. The second-order valence-electron chi connectivity index (χ2n) is 29.9. The quantitative estimate of drug-likeness (QED) is 0.0428. The molecule has 3 saturated heterocycles. The van der Waals surface area contributed by atoms with Crippen LogP contribution in [0.15, 0.2) is 183 Å². The van der Waals surface area contributed by atoms with E-state index in [2.05, 4.69) is 103 Å². The molecule has 0 unspecified atom stereocenters. The summed E-state index contributed by atoms with van der Waals surface area (Å²) < 4.78 is 152. The first-order chi connectivity index (χ1) is 57.2. The number of likely N-dealkylation sites (N-methyl/N-ethyl adjacent to an activating group) is 2. The largest absolute Gasteiger partial charge is 0.416 e. The number of carbonyl (C=O) groups is 3.